The number of furan rings is 1. The lowest BCUT2D eigenvalue weighted by atomic mass is 10.1. The quantitative estimate of drug-likeness (QED) is 0.431. The molecule has 0 aliphatic heterocycles. The topological polar surface area (TPSA) is 90.5 Å². The van der Waals surface area contributed by atoms with Crippen LogP contribution >= 0.6 is 15.9 Å². The summed E-state index contributed by atoms with van der Waals surface area (Å²) in [6.45, 7) is 2.98. The molecule has 0 saturated carbocycles. The average molecular weight is 459 g/mol. The Balaban J connectivity index is 1.60. The summed E-state index contributed by atoms with van der Waals surface area (Å²) in [6, 6.07) is 12.6. The van der Waals surface area contributed by atoms with Crippen LogP contribution in [-0.2, 0) is 9.53 Å². The van der Waals surface area contributed by atoms with Gasteiger partial charge >= 0.3 is 5.97 Å². The molecule has 1 N–H and O–H groups in total. The first-order chi connectivity index (χ1) is 13.9. The molecule has 0 atom stereocenters. The van der Waals surface area contributed by atoms with Gasteiger partial charge in [-0.1, -0.05) is 22.0 Å². The summed E-state index contributed by atoms with van der Waals surface area (Å²) in [5.41, 5.74) is 3.05. The van der Waals surface area contributed by atoms with Crippen LogP contribution in [0.3, 0.4) is 0 Å². The predicted octanol–water partition coefficient (Wildman–Crippen LogP) is 3.61. The molecule has 150 valence electrons. The minimum atomic E-state index is -0.709. The van der Waals surface area contributed by atoms with Gasteiger partial charge in [-0.2, -0.15) is 0 Å². The summed E-state index contributed by atoms with van der Waals surface area (Å²) in [6.07, 6.45) is 1.36. The summed E-state index contributed by atoms with van der Waals surface area (Å²) in [7, 11) is 0. The van der Waals surface area contributed by atoms with Gasteiger partial charge in [0.2, 0.25) is 5.78 Å². The lowest BCUT2D eigenvalue weighted by Crippen LogP contribution is -2.31. The Morgan fingerprint density at radius 2 is 1.93 bits per heavy atom. The van der Waals surface area contributed by atoms with Crippen LogP contribution in [0.25, 0.3) is 5.69 Å². The molecule has 2 heterocycles. The van der Waals surface area contributed by atoms with Crippen molar-refractivity contribution in [3.05, 3.63) is 75.9 Å². The lowest BCUT2D eigenvalue weighted by Gasteiger charge is -2.10. The number of ketones is 1. The molecular weight excluding hydrogens is 440 g/mol. The molecule has 0 bridgehead atoms. The van der Waals surface area contributed by atoms with Gasteiger partial charge in [-0.05, 0) is 50.2 Å². The van der Waals surface area contributed by atoms with Gasteiger partial charge in [0.15, 0.2) is 12.4 Å². The molecule has 8 heteroatoms. The molecule has 2 aromatic heterocycles. The van der Waals surface area contributed by atoms with E-state index in [0.717, 1.165) is 21.5 Å². The normalized spacial score (nSPS) is 10.6. The molecule has 7 nitrogen and oxygen atoms in total. The van der Waals surface area contributed by atoms with Gasteiger partial charge in [0.1, 0.15) is 6.54 Å². The van der Waals surface area contributed by atoms with Crippen LogP contribution in [0.2, 0.25) is 0 Å². The summed E-state index contributed by atoms with van der Waals surface area (Å²) in [5.74, 6) is -1.46. The first-order valence-corrected chi connectivity index (χ1v) is 9.61. The van der Waals surface area contributed by atoms with E-state index >= 15 is 0 Å². The number of aryl methyl sites for hydroxylation is 1. The molecular formula is C21H19BrN2O5. The zero-order valence-corrected chi connectivity index (χ0v) is 17.5. The molecule has 1 aromatic carbocycles. The van der Waals surface area contributed by atoms with E-state index in [1.165, 1.54) is 12.3 Å². The molecule has 1 amide bonds. The predicted molar refractivity (Wildman–Crippen MR) is 109 cm³/mol. The maximum atomic E-state index is 12.6. The Hall–Kier alpha value is -3.13. The second-order valence-electron chi connectivity index (χ2n) is 6.34. The van der Waals surface area contributed by atoms with Crippen LogP contribution in [0.4, 0.5) is 0 Å². The lowest BCUT2D eigenvalue weighted by molar-refractivity contribution is -0.141. The number of esters is 1. The number of halogens is 1. The van der Waals surface area contributed by atoms with E-state index in [1.54, 1.807) is 12.1 Å². The van der Waals surface area contributed by atoms with Crippen LogP contribution < -0.4 is 5.32 Å². The van der Waals surface area contributed by atoms with Crippen molar-refractivity contribution in [2.24, 2.45) is 0 Å². The fraction of sp³-hybridized carbons (Fsp3) is 0.190. The van der Waals surface area contributed by atoms with Crippen LogP contribution in [0.15, 0.2) is 57.6 Å². The molecule has 3 rings (SSSR count). The Kier molecular flexibility index (Phi) is 6.33. The average Bonchev–Trinajstić information content (AvgIpc) is 3.32. The standard InChI is InChI=1S/C21H19BrN2O5/c1-13-9-17(14(2)24(13)16-6-3-5-15(22)10-16)18(25)12-29-20(26)11-23-21(27)19-7-4-8-28-19/h3-10H,11-12H2,1-2H3,(H,23,27). The van der Waals surface area contributed by atoms with Gasteiger partial charge in [-0.25, -0.2) is 0 Å². The van der Waals surface area contributed by atoms with Crippen molar-refractivity contribution in [3.8, 4) is 5.69 Å². The Morgan fingerprint density at radius 1 is 1.14 bits per heavy atom. The van der Waals surface area contributed by atoms with Crippen molar-refractivity contribution in [1.29, 1.82) is 0 Å². The second kappa shape index (κ2) is 8.91. The second-order valence-corrected chi connectivity index (χ2v) is 7.26. The largest absolute Gasteiger partial charge is 0.459 e. The highest BCUT2D eigenvalue weighted by atomic mass is 79.9. The van der Waals surface area contributed by atoms with E-state index in [1.807, 2.05) is 42.7 Å². The maximum absolute atomic E-state index is 12.6. The van der Waals surface area contributed by atoms with Crippen LogP contribution in [0.1, 0.15) is 32.3 Å². The molecule has 0 aliphatic rings. The number of amides is 1. The van der Waals surface area contributed by atoms with Crippen LogP contribution in [-0.4, -0.2) is 35.4 Å². The zero-order valence-electron chi connectivity index (χ0n) is 15.9. The van der Waals surface area contributed by atoms with E-state index in [4.69, 9.17) is 9.15 Å². The third kappa shape index (κ3) is 4.83. The minimum absolute atomic E-state index is 0.0915. The molecule has 0 aliphatic carbocycles. The molecule has 0 radical (unpaired) electrons. The first-order valence-electron chi connectivity index (χ1n) is 8.82. The minimum Gasteiger partial charge on any atom is -0.459 e. The third-order valence-electron chi connectivity index (χ3n) is 4.30. The third-order valence-corrected chi connectivity index (χ3v) is 4.79. The van der Waals surface area contributed by atoms with E-state index in [9.17, 15) is 14.4 Å². The number of carbonyl (C=O) groups is 3. The van der Waals surface area contributed by atoms with E-state index in [-0.39, 0.29) is 18.1 Å². The number of hydrogen-bond acceptors (Lipinski definition) is 5. The van der Waals surface area contributed by atoms with E-state index in [0.29, 0.717) is 5.56 Å². The molecule has 0 spiro atoms. The Bertz CT molecular complexity index is 1050. The SMILES string of the molecule is Cc1cc(C(=O)COC(=O)CNC(=O)c2ccco2)c(C)n1-c1cccc(Br)c1. The van der Waals surface area contributed by atoms with E-state index < -0.39 is 18.5 Å². The van der Waals surface area contributed by atoms with Crippen molar-refractivity contribution >= 4 is 33.6 Å². The fourth-order valence-corrected chi connectivity index (χ4v) is 3.37. The van der Waals surface area contributed by atoms with Crippen LogP contribution in [0, 0.1) is 13.8 Å². The van der Waals surface area contributed by atoms with E-state index in [2.05, 4.69) is 21.2 Å². The zero-order chi connectivity index (χ0) is 21.0. The van der Waals surface area contributed by atoms with Crippen molar-refractivity contribution in [3.63, 3.8) is 0 Å². The Morgan fingerprint density at radius 3 is 2.62 bits per heavy atom. The number of carbonyl (C=O) groups excluding carboxylic acids is 3. The van der Waals surface area contributed by atoms with Gasteiger partial charge in [-0.3, -0.25) is 14.4 Å². The maximum Gasteiger partial charge on any atom is 0.325 e. The smallest absolute Gasteiger partial charge is 0.325 e. The molecule has 0 unspecified atom stereocenters. The number of nitrogens with zero attached hydrogens (tertiary/aromatic N) is 1. The first kappa shape index (κ1) is 20.6. The van der Waals surface area contributed by atoms with Crippen molar-refractivity contribution in [2.45, 2.75) is 13.8 Å². The van der Waals surface area contributed by atoms with Gasteiger partial charge in [0.05, 0.1) is 6.26 Å². The summed E-state index contributed by atoms with van der Waals surface area (Å²) >= 11 is 3.45. The number of Topliss-reactive ketones (excluding diaryl/α,β-unsaturated/α-hetero) is 1. The van der Waals surface area contributed by atoms with Gasteiger partial charge in [-0.15, -0.1) is 0 Å². The number of rotatable bonds is 7. The summed E-state index contributed by atoms with van der Waals surface area (Å²) < 4.78 is 12.8. The molecule has 0 saturated heterocycles. The van der Waals surface area contributed by atoms with Crippen molar-refractivity contribution in [1.82, 2.24) is 9.88 Å². The number of nitrogens with one attached hydrogen (secondary N) is 1. The van der Waals surface area contributed by atoms with Crippen LogP contribution in [0.5, 0.6) is 0 Å². The highest BCUT2D eigenvalue weighted by Gasteiger charge is 2.19. The monoisotopic (exact) mass is 458 g/mol. The summed E-state index contributed by atoms with van der Waals surface area (Å²) in [4.78, 5) is 36.1. The number of benzene rings is 1. The highest BCUT2D eigenvalue weighted by Crippen LogP contribution is 2.23. The Labute approximate surface area is 175 Å². The molecule has 3 aromatic rings. The molecule has 0 fully saturated rings. The van der Waals surface area contributed by atoms with Crippen molar-refractivity contribution < 1.29 is 23.5 Å². The molecule has 29 heavy (non-hydrogen) atoms. The van der Waals surface area contributed by atoms with Gasteiger partial charge in [0.25, 0.3) is 5.91 Å². The van der Waals surface area contributed by atoms with Crippen molar-refractivity contribution in [2.75, 3.05) is 13.2 Å². The summed E-state index contributed by atoms with van der Waals surface area (Å²) in [5, 5.41) is 2.37. The number of aromatic nitrogens is 1. The fourth-order valence-electron chi connectivity index (χ4n) is 2.98. The van der Waals surface area contributed by atoms with Gasteiger partial charge < -0.3 is 19.0 Å². The number of hydrogen-bond donors (Lipinski definition) is 1. The number of ether oxygens (including phenoxy) is 1. The van der Waals surface area contributed by atoms with Gasteiger partial charge in [0, 0.05) is 27.1 Å². The highest BCUT2D eigenvalue weighted by molar-refractivity contribution is 9.10.